The molecule has 0 amide bonds. The van der Waals surface area contributed by atoms with Crippen molar-refractivity contribution in [2.24, 2.45) is 0 Å². The molecule has 0 fully saturated rings. The Bertz CT molecular complexity index is 735. The first kappa shape index (κ1) is 11.8. The minimum absolute atomic E-state index is 0.151. The first-order chi connectivity index (χ1) is 9.17. The van der Waals surface area contributed by atoms with Gasteiger partial charge >= 0.3 is 0 Å². The summed E-state index contributed by atoms with van der Waals surface area (Å²) in [6.07, 6.45) is 0. The van der Waals surface area contributed by atoms with E-state index in [1.165, 1.54) is 11.3 Å². The molecule has 0 aliphatic carbocycles. The molecule has 0 atom stereocenters. The first-order valence-electron chi connectivity index (χ1n) is 5.71. The summed E-state index contributed by atoms with van der Waals surface area (Å²) in [5, 5.41) is 10.5. The zero-order chi connectivity index (χ0) is 13.4. The first-order valence-corrected chi connectivity index (χ1v) is 6.52. The number of hydrogen-bond acceptors (Lipinski definition) is 5. The van der Waals surface area contributed by atoms with Gasteiger partial charge in [-0.1, -0.05) is 0 Å². The van der Waals surface area contributed by atoms with Gasteiger partial charge in [-0.2, -0.15) is 0 Å². The number of nitrogens with two attached hydrogens (primary N) is 1. The lowest BCUT2D eigenvalue weighted by Gasteiger charge is -2.00. The van der Waals surface area contributed by atoms with Crippen molar-refractivity contribution in [2.75, 3.05) is 12.8 Å². The van der Waals surface area contributed by atoms with Crippen LogP contribution >= 0.6 is 11.3 Å². The van der Waals surface area contributed by atoms with Crippen molar-refractivity contribution >= 4 is 27.2 Å². The quantitative estimate of drug-likeness (QED) is 0.703. The molecule has 0 bridgehead atoms. The van der Waals surface area contributed by atoms with Crippen LogP contribution in [0.4, 0.5) is 5.69 Å². The Balaban J connectivity index is 2.18. The number of aromatic nitrogens is 1. The van der Waals surface area contributed by atoms with E-state index in [1.807, 2.05) is 24.3 Å². The third kappa shape index (κ3) is 2.08. The predicted molar refractivity (Wildman–Crippen MR) is 77.7 cm³/mol. The predicted octanol–water partition coefficient (Wildman–Crippen LogP) is 3.26. The number of nitrogens with zero attached hydrogens (tertiary/aromatic N) is 1. The van der Waals surface area contributed by atoms with Gasteiger partial charge < -0.3 is 15.6 Å². The van der Waals surface area contributed by atoms with Crippen LogP contribution in [0.15, 0.2) is 36.4 Å². The molecule has 19 heavy (non-hydrogen) atoms. The topological polar surface area (TPSA) is 68.4 Å². The second-order valence-electron chi connectivity index (χ2n) is 4.14. The summed E-state index contributed by atoms with van der Waals surface area (Å²) in [4.78, 5) is 4.52. The number of nitrogen functional groups attached to an aromatic ring is 1. The summed E-state index contributed by atoms with van der Waals surface area (Å²) in [6.45, 7) is 0. The highest BCUT2D eigenvalue weighted by molar-refractivity contribution is 7.22. The molecule has 3 N–H and O–H groups in total. The maximum atomic E-state index is 9.63. The van der Waals surface area contributed by atoms with E-state index in [1.54, 1.807) is 19.2 Å². The van der Waals surface area contributed by atoms with Crippen LogP contribution in [-0.2, 0) is 0 Å². The zero-order valence-corrected chi connectivity index (χ0v) is 11.1. The van der Waals surface area contributed by atoms with Gasteiger partial charge in [0, 0.05) is 23.4 Å². The van der Waals surface area contributed by atoms with Gasteiger partial charge in [-0.15, -0.1) is 11.3 Å². The molecule has 0 spiro atoms. The van der Waals surface area contributed by atoms with E-state index in [-0.39, 0.29) is 5.75 Å². The van der Waals surface area contributed by atoms with Crippen molar-refractivity contribution in [1.82, 2.24) is 4.98 Å². The molecule has 96 valence electrons. The Hall–Kier alpha value is -2.27. The third-order valence-corrected chi connectivity index (χ3v) is 3.95. The number of methoxy groups -OCH3 is 1. The second-order valence-corrected chi connectivity index (χ2v) is 5.14. The molecule has 0 radical (unpaired) electrons. The highest BCUT2D eigenvalue weighted by Crippen LogP contribution is 2.38. The molecule has 0 aliphatic rings. The maximum Gasteiger partial charge on any atom is 0.142 e. The molecular weight excluding hydrogens is 260 g/mol. The van der Waals surface area contributed by atoms with Crippen LogP contribution < -0.4 is 10.5 Å². The minimum atomic E-state index is 0.151. The van der Waals surface area contributed by atoms with E-state index in [0.717, 1.165) is 26.5 Å². The number of anilines is 1. The molecule has 2 aromatic carbocycles. The normalized spacial score (nSPS) is 10.8. The van der Waals surface area contributed by atoms with Crippen LogP contribution in [0.3, 0.4) is 0 Å². The number of ether oxygens (including phenoxy) is 1. The van der Waals surface area contributed by atoms with Crippen molar-refractivity contribution in [1.29, 1.82) is 0 Å². The lowest BCUT2D eigenvalue weighted by atomic mass is 10.2. The van der Waals surface area contributed by atoms with Crippen molar-refractivity contribution in [3.8, 4) is 22.1 Å². The Labute approximate surface area is 114 Å². The Morgan fingerprint density at radius 2 is 1.95 bits per heavy atom. The summed E-state index contributed by atoms with van der Waals surface area (Å²) in [5.74, 6) is 0.785. The lowest BCUT2D eigenvalue weighted by molar-refractivity contribution is 0.413. The van der Waals surface area contributed by atoms with Crippen LogP contribution in [0.5, 0.6) is 11.5 Å². The average molecular weight is 272 g/mol. The molecule has 0 saturated carbocycles. The van der Waals surface area contributed by atoms with Gasteiger partial charge in [-0.25, -0.2) is 4.98 Å². The number of benzene rings is 2. The van der Waals surface area contributed by atoms with Gasteiger partial charge in [-0.3, -0.25) is 0 Å². The summed E-state index contributed by atoms with van der Waals surface area (Å²) < 4.78 is 6.19. The summed E-state index contributed by atoms with van der Waals surface area (Å²) in [6, 6.07) is 10.8. The number of aromatic hydroxyl groups is 1. The van der Waals surface area contributed by atoms with Crippen LogP contribution in [0.25, 0.3) is 20.8 Å². The fourth-order valence-corrected chi connectivity index (χ4v) is 2.93. The molecular formula is C14H12N2O2S. The Morgan fingerprint density at radius 3 is 2.63 bits per heavy atom. The summed E-state index contributed by atoms with van der Waals surface area (Å²) in [5.41, 5.74) is 8.13. The van der Waals surface area contributed by atoms with Gasteiger partial charge in [0.25, 0.3) is 0 Å². The highest BCUT2D eigenvalue weighted by atomic mass is 32.1. The minimum Gasteiger partial charge on any atom is -0.508 e. The molecule has 0 unspecified atom stereocenters. The SMILES string of the molecule is COc1cc(O)cc2nc(-c3ccc(N)cc3)sc12. The molecule has 5 heteroatoms. The molecule has 1 aromatic heterocycles. The van der Waals surface area contributed by atoms with Crippen LogP contribution in [0, 0.1) is 0 Å². The van der Waals surface area contributed by atoms with E-state index in [9.17, 15) is 5.11 Å². The third-order valence-electron chi connectivity index (χ3n) is 2.82. The van der Waals surface area contributed by atoms with E-state index in [2.05, 4.69) is 4.98 Å². The highest BCUT2D eigenvalue weighted by Gasteiger charge is 2.11. The number of thiazole rings is 1. The van der Waals surface area contributed by atoms with Crippen molar-refractivity contribution in [2.45, 2.75) is 0 Å². The fraction of sp³-hybridized carbons (Fsp3) is 0.0714. The van der Waals surface area contributed by atoms with Gasteiger partial charge in [0.1, 0.15) is 16.5 Å². The number of phenols is 1. The number of phenolic OH excluding ortho intramolecular Hbond substituents is 1. The molecule has 3 aromatic rings. The molecule has 4 nitrogen and oxygen atoms in total. The van der Waals surface area contributed by atoms with Crippen molar-refractivity contribution in [3.63, 3.8) is 0 Å². The lowest BCUT2D eigenvalue weighted by Crippen LogP contribution is -1.83. The van der Waals surface area contributed by atoms with Crippen LogP contribution in [-0.4, -0.2) is 17.2 Å². The van der Waals surface area contributed by atoms with Crippen LogP contribution in [0.2, 0.25) is 0 Å². The van der Waals surface area contributed by atoms with Crippen molar-refractivity contribution < 1.29 is 9.84 Å². The van der Waals surface area contributed by atoms with E-state index in [4.69, 9.17) is 10.5 Å². The maximum absolute atomic E-state index is 9.63. The Kier molecular flexibility index (Phi) is 2.76. The summed E-state index contributed by atoms with van der Waals surface area (Å²) in [7, 11) is 1.58. The van der Waals surface area contributed by atoms with E-state index < -0.39 is 0 Å². The van der Waals surface area contributed by atoms with Gasteiger partial charge in [0.2, 0.25) is 0 Å². The van der Waals surface area contributed by atoms with Gasteiger partial charge in [-0.05, 0) is 24.3 Å². The van der Waals surface area contributed by atoms with Crippen molar-refractivity contribution in [3.05, 3.63) is 36.4 Å². The molecule has 0 saturated heterocycles. The van der Waals surface area contributed by atoms with E-state index in [0.29, 0.717) is 5.75 Å². The molecule has 0 aliphatic heterocycles. The second kappa shape index (κ2) is 4.44. The fourth-order valence-electron chi connectivity index (χ4n) is 1.89. The molecule has 3 rings (SSSR count). The number of rotatable bonds is 2. The van der Waals surface area contributed by atoms with Crippen LogP contribution in [0.1, 0.15) is 0 Å². The monoisotopic (exact) mass is 272 g/mol. The van der Waals surface area contributed by atoms with E-state index >= 15 is 0 Å². The standard InChI is InChI=1S/C14H12N2O2S/c1-18-12-7-10(17)6-11-13(12)19-14(16-11)8-2-4-9(15)5-3-8/h2-7,17H,15H2,1H3. The smallest absolute Gasteiger partial charge is 0.142 e. The number of hydrogen-bond donors (Lipinski definition) is 2. The zero-order valence-electron chi connectivity index (χ0n) is 10.3. The summed E-state index contributed by atoms with van der Waals surface area (Å²) >= 11 is 1.53. The van der Waals surface area contributed by atoms with Gasteiger partial charge in [0.05, 0.1) is 17.3 Å². The molecule has 1 heterocycles. The number of fused-ring (bicyclic) bond motifs is 1. The average Bonchev–Trinajstić information content (AvgIpc) is 2.82. The Morgan fingerprint density at radius 1 is 1.21 bits per heavy atom. The largest absolute Gasteiger partial charge is 0.508 e. The van der Waals surface area contributed by atoms with Gasteiger partial charge in [0.15, 0.2) is 0 Å².